The van der Waals surface area contributed by atoms with Crippen LogP contribution in [0.1, 0.15) is 26.3 Å². The van der Waals surface area contributed by atoms with Gasteiger partial charge < -0.3 is 10.5 Å². The lowest BCUT2D eigenvalue weighted by molar-refractivity contribution is 0.124. The van der Waals surface area contributed by atoms with Crippen LogP contribution in [0, 0.1) is 5.82 Å². The maximum absolute atomic E-state index is 13.5. The van der Waals surface area contributed by atoms with Gasteiger partial charge in [0.2, 0.25) is 0 Å². The van der Waals surface area contributed by atoms with E-state index in [9.17, 15) is 4.39 Å². The Hall–Kier alpha value is -1.16. The Bertz CT molecular complexity index is 385. The molecule has 0 spiro atoms. The van der Waals surface area contributed by atoms with Crippen molar-refractivity contribution in [3.05, 3.63) is 29.6 Å². The van der Waals surface area contributed by atoms with Gasteiger partial charge in [-0.1, -0.05) is 12.2 Å². The van der Waals surface area contributed by atoms with Crippen molar-refractivity contribution in [2.75, 3.05) is 0 Å². The molecule has 0 radical (unpaired) electrons. The summed E-state index contributed by atoms with van der Waals surface area (Å²) in [5, 5.41) is 0. The Kier molecular flexibility index (Phi) is 3.29. The SMILES string of the molecule is CC(C)(C)Oc1ccc(C(N)=S)cc1F. The van der Waals surface area contributed by atoms with Gasteiger partial charge in [-0.2, -0.15) is 0 Å². The molecule has 1 aromatic carbocycles. The smallest absolute Gasteiger partial charge is 0.165 e. The van der Waals surface area contributed by atoms with E-state index >= 15 is 0 Å². The monoisotopic (exact) mass is 227 g/mol. The van der Waals surface area contributed by atoms with Gasteiger partial charge in [0.1, 0.15) is 10.6 Å². The molecule has 15 heavy (non-hydrogen) atoms. The van der Waals surface area contributed by atoms with Gasteiger partial charge >= 0.3 is 0 Å². The van der Waals surface area contributed by atoms with Gasteiger partial charge in [0, 0.05) is 5.56 Å². The number of benzene rings is 1. The van der Waals surface area contributed by atoms with Crippen molar-refractivity contribution in [1.82, 2.24) is 0 Å². The highest BCUT2D eigenvalue weighted by atomic mass is 32.1. The lowest BCUT2D eigenvalue weighted by Crippen LogP contribution is -2.23. The van der Waals surface area contributed by atoms with Crippen LogP contribution in [0.4, 0.5) is 4.39 Å². The minimum absolute atomic E-state index is 0.177. The maximum atomic E-state index is 13.5. The summed E-state index contributed by atoms with van der Waals surface area (Å²) >= 11 is 4.74. The summed E-state index contributed by atoms with van der Waals surface area (Å²) in [6, 6.07) is 4.46. The predicted octanol–water partition coefficient (Wildman–Crippen LogP) is 2.64. The normalized spacial score (nSPS) is 11.2. The highest BCUT2D eigenvalue weighted by molar-refractivity contribution is 7.80. The molecule has 1 aromatic rings. The molecule has 0 saturated heterocycles. The van der Waals surface area contributed by atoms with Crippen molar-refractivity contribution >= 4 is 17.2 Å². The zero-order valence-corrected chi connectivity index (χ0v) is 9.82. The lowest BCUT2D eigenvalue weighted by atomic mass is 10.1. The summed E-state index contributed by atoms with van der Waals surface area (Å²) in [6.45, 7) is 5.57. The second-order valence-corrected chi connectivity index (χ2v) is 4.66. The molecule has 82 valence electrons. The first-order valence-electron chi connectivity index (χ1n) is 4.58. The maximum Gasteiger partial charge on any atom is 0.165 e. The van der Waals surface area contributed by atoms with Gasteiger partial charge in [-0.3, -0.25) is 0 Å². The number of hydrogen-bond donors (Lipinski definition) is 1. The van der Waals surface area contributed by atoms with Crippen molar-refractivity contribution in [3.63, 3.8) is 0 Å². The average Bonchev–Trinajstić information content (AvgIpc) is 2.05. The predicted molar refractivity (Wildman–Crippen MR) is 62.7 cm³/mol. The van der Waals surface area contributed by atoms with Crippen LogP contribution < -0.4 is 10.5 Å². The molecule has 0 heterocycles. The van der Waals surface area contributed by atoms with E-state index in [1.54, 1.807) is 6.07 Å². The Morgan fingerprint density at radius 1 is 1.40 bits per heavy atom. The number of hydrogen-bond acceptors (Lipinski definition) is 2. The molecule has 1 rings (SSSR count). The highest BCUT2D eigenvalue weighted by Crippen LogP contribution is 2.22. The van der Waals surface area contributed by atoms with Crippen molar-refractivity contribution in [3.8, 4) is 5.75 Å². The van der Waals surface area contributed by atoms with E-state index in [1.165, 1.54) is 12.1 Å². The van der Waals surface area contributed by atoms with Crippen LogP contribution in [-0.4, -0.2) is 10.6 Å². The summed E-state index contributed by atoms with van der Waals surface area (Å²) in [5.74, 6) is -0.238. The third kappa shape index (κ3) is 3.47. The fourth-order valence-electron chi connectivity index (χ4n) is 1.07. The molecule has 0 fully saturated rings. The molecule has 0 unspecified atom stereocenters. The molecule has 2 N–H and O–H groups in total. The van der Waals surface area contributed by atoms with Gasteiger partial charge in [-0.05, 0) is 39.0 Å². The Balaban J connectivity index is 2.99. The second kappa shape index (κ2) is 4.14. The highest BCUT2D eigenvalue weighted by Gasteiger charge is 2.15. The molecule has 0 aliphatic rings. The molecule has 0 aliphatic heterocycles. The molecule has 2 nitrogen and oxygen atoms in total. The zero-order chi connectivity index (χ0) is 11.6. The van der Waals surface area contributed by atoms with Crippen LogP contribution in [0.25, 0.3) is 0 Å². The summed E-state index contributed by atoms with van der Waals surface area (Å²) < 4.78 is 18.9. The molecule has 0 aromatic heterocycles. The quantitative estimate of drug-likeness (QED) is 0.789. The minimum atomic E-state index is -0.449. The van der Waals surface area contributed by atoms with Crippen LogP contribution in [0.2, 0.25) is 0 Å². The number of rotatable bonds is 2. The van der Waals surface area contributed by atoms with E-state index in [2.05, 4.69) is 0 Å². The molecule has 0 atom stereocenters. The van der Waals surface area contributed by atoms with Gasteiger partial charge in [0.05, 0.1) is 0 Å². The second-order valence-electron chi connectivity index (χ2n) is 4.22. The molecule has 0 aliphatic carbocycles. The fraction of sp³-hybridized carbons (Fsp3) is 0.364. The van der Waals surface area contributed by atoms with Crippen molar-refractivity contribution in [2.45, 2.75) is 26.4 Å². The van der Waals surface area contributed by atoms with Crippen molar-refractivity contribution < 1.29 is 9.13 Å². The van der Waals surface area contributed by atoms with Crippen LogP contribution in [0.15, 0.2) is 18.2 Å². The van der Waals surface area contributed by atoms with Gasteiger partial charge in [0.25, 0.3) is 0 Å². The molecule has 4 heteroatoms. The molecule has 0 amide bonds. The van der Waals surface area contributed by atoms with E-state index in [-0.39, 0.29) is 10.7 Å². The Labute approximate surface area is 94.2 Å². The number of thiocarbonyl (C=S) groups is 1. The molecular weight excluding hydrogens is 213 g/mol. The standard InChI is InChI=1S/C11H14FNOS/c1-11(2,3)14-9-5-4-7(10(13)15)6-8(9)12/h4-6H,1-3H3,(H2,13,15). The summed E-state index contributed by atoms with van der Waals surface area (Å²) in [7, 11) is 0. The van der Waals surface area contributed by atoms with Gasteiger partial charge in [0.15, 0.2) is 11.6 Å². The molecule has 0 bridgehead atoms. The van der Waals surface area contributed by atoms with Crippen LogP contribution in [-0.2, 0) is 0 Å². The topological polar surface area (TPSA) is 35.2 Å². The number of ether oxygens (including phenoxy) is 1. The van der Waals surface area contributed by atoms with Crippen LogP contribution >= 0.6 is 12.2 Å². The van der Waals surface area contributed by atoms with Gasteiger partial charge in [-0.15, -0.1) is 0 Å². The summed E-state index contributed by atoms with van der Waals surface area (Å²) in [4.78, 5) is 0.177. The van der Waals surface area contributed by atoms with Gasteiger partial charge in [-0.25, -0.2) is 4.39 Å². The Morgan fingerprint density at radius 2 is 2.00 bits per heavy atom. The summed E-state index contributed by atoms with van der Waals surface area (Å²) in [6.07, 6.45) is 0. The first-order chi connectivity index (χ1) is 6.79. The molecule has 0 saturated carbocycles. The summed E-state index contributed by atoms with van der Waals surface area (Å²) in [5.41, 5.74) is 5.46. The fourth-order valence-corrected chi connectivity index (χ4v) is 1.19. The van der Waals surface area contributed by atoms with E-state index < -0.39 is 11.4 Å². The molecular formula is C11H14FNOS. The van der Waals surface area contributed by atoms with E-state index in [4.69, 9.17) is 22.7 Å². The first kappa shape index (κ1) is 11.9. The number of halogens is 1. The Morgan fingerprint density at radius 3 is 2.40 bits per heavy atom. The van der Waals surface area contributed by atoms with Crippen molar-refractivity contribution in [1.29, 1.82) is 0 Å². The van der Waals surface area contributed by atoms with Crippen LogP contribution in [0.3, 0.4) is 0 Å². The third-order valence-electron chi connectivity index (χ3n) is 1.63. The van der Waals surface area contributed by atoms with Crippen LogP contribution in [0.5, 0.6) is 5.75 Å². The van der Waals surface area contributed by atoms with Crippen molar-refractivity contribution in [2.24, 2.45) is 5.73 Å². The lowest BCUT2D eigenvalue weighted by Gasteiger charge is -2.21. The number of nitrogens with two attached hydrogens (primary N) is 1. The van der Waals surface area contributed by atoms with E-state index in [0.717, 1.165) is 0 Å². The largest absolute Gasteiger partial charge is 0.485 e. The average molecular weight is 227 g/mol. The van der Waals surface area contributed by atoms with E-state index in [1.807, 2.05) is 20.8 Å². The van der Waals surface area contributed by atoms with E-state index in [0.29, 0.717) is 5.56 Å². The zero-order valence-electron chi connectivity index (χ0n) is 9.00. The first-order valence-corrected chi connectivity index (χ1v) is 4.99. The third-order valence-corrected chi connectivity index (χ3v) is 1.87. The minimum Gasteiger partial charge on any atom is -0.485 e.